The van der Waals surface area contributed by atoms with Gasteiger partial charge in [-0.05, 0) is 55.1 Å². The second-order valence-electron chi connectivity index (χ2n) is 5.62. The Kier molecular flexibility index (Phi) is 5.13. The number of carbonyl (C=O) groups excluding carboxylic acids is 2. The highest BCUT2D eigenvalue weighted by atomic mass is 32.1. The zero-order chi connectivity index (χ0) is 18.7. The second kappa shape index (κ2) is 7.49. The van der Waals surface area contributed by atoms with Crippen molar-refractivity contribution >= 4 is 29.0 Å². The Balaban J connectivity index is 1.67. The maximum Gasteiger partial charge on any atom is 0.349 e. The Morgan fingerprint density at radius 1 is 1.23 bits per heavy atom. The molecule has 0 bridgehead atoms. The van der Waals surface area contributed by atoms with Gasteiger partial charge in [0.25, 0.3) is 5.91 Å². The third-order valence-electron chi connectivity index (χ3n) is 3.55. The third kappa shape index (κ3) is 3.97. The van der Waals surface area contributed by atoms with Gasteiger partial charge in [0.15, 0.2) is 6.61 Å². The molecule has 0 saturated carbocycles. The molecule has 2 heterocycles. The largest absolute Gasteiger partial charge is 0.451 e. The zero-order valence-corrected chi connectivity index (χ0v) is 15.0. The van der Waals surface area contributed by atoms with Crippen LogP contribution in [0.3, 0.4) is 0 Å². The normalized spacial score (nSPS) is 10.6. The van der Waals surface area contributed by atoms with E-state index in [4.69, 9.17) is 4.74 Å². The highest BCUT2D eigenvalue weighted by molar-refractivity contribution is 7.12. The molecule has 1 N–H and O–H groups in total. The lowest BCUT2D eigenvalue weighted by atomic mass is 10.3. The van der Waals surface area contributed by atoms with Crippen LogP contribution in [0.15, 0.2) is 41.8 Å². The van der Waals surface area contributed by atoms with Crippen molar-refractivity contribution in [2.45, 2.75) is 13.8 Å². The summed E-state index contributed by atoms with van der Waals surface area (Å²) in [5.74, 6) is -0.979. The van der Waals surface area contributed by atoms with Crippen LogP contribution in [-0.2, 0) is 9.53 Å². The number of benzene rings is 1. The number of hydrogen-bond donors (Lipinski definition) is 1. The fourth-order valence-electron chi connectivity index (χ4n) is 2.33. The molecule has 3 aromatic rings. The number of halogens is 1. The molecule has 0 aliphatic heterocycles. The average molecular weight is 373 g/mol. The smallest absolute Gasteiger partial charge is 0.349 e. The summed E-state index contributed by atoms with van der Waals surface area (Å²) in [5.41, 5.74) is 2.09. The third-order valence-corrected chi connectivity index (χ3v) is 4.55. The number of rotatable bonds is 5. The van der Waals surface area contributed by atoms with Gasteiger partial charge < -0.3 is 10.1 Å². The number of aryl methyl sites for hydroxylation is 2. The van der Waals surface area contributed by atoms with Crippen molar-refractivity contribution in [2.24, 2.45) is 0 Å². The molecule has 0 unspecified atom stereocenters. The predicted molar refractivity (Wildman–Crippen MR) is 96.2 cm³/mol. The molecule has 3 rings (SSSR count). The highest BCUT2D eigenvalue weighted by Gasteiger charge is 2.16. The Labute approximate surface area is 153 Å². The molecule has 1 aromatic carbocycles. The van der Waals surface area contributed by atoms with Gasteiger partial charge in [-0.1, -0.05) is 0 Å². The van der Waals surface area contributed by atoms with Crippen molar-refractivity contribution in [3.63, 3.8) is 0 Å². The van der Waals surface area contributed by atoms with E-state index in [1.165, 1.54) is 28.2 Å². The van der Waals surface area contributed by atoms with Gasteiger partial charge in [-0.25, -0.2) is 13.9 Å². The summed E-state index contributed by atoms with van der Waals surface area (Å²) in [6.45, 7) is 3.16. The first-order valence-electron chi connectivity index (χ1n) is 7.77. The number of amides is 1. The molecular weight excluding hydrogens is 357 g/mol. The maximum absolute atomic E-state index is 13.1. The number of nitrogens with zero attached hydrogens (tertiary/aromatic N) is 2. The fourth-order valence-corrected chi connectivity index (χ4v) is 3.14. The van der Waals surface area contributed by atoms with Crippen LogP contribution in [0.5, 0.6) is 0 Å². The standard InChI is InChI=1S/C18H16FN3O3S/c1-11-7-8-26-17(11)18(24)25-10-16(23)20-15-9-12(2)21-22(15)14-5-3-13(19)4-6-14/h3-9H,10H2,1-2H3,(H,20,23). The van der Waals surface area contributed by atoms with Gasteiger partial charge in [-0.15, -0.1) is 11.3 Å². The summed E-state index contributed by atoms with van der Waals surface area (Å²) in [6, 6.07) is 9.21. The van der Waals surface area contributed by atoms with Crippen LogP contribution in [0, 0.1) is 19.7 Å². The SMILES string of the molecule is Cc1cc(NC(=O)COC(=O)c2sccc2C)n(-c2ccc(F)cc2)n1. The summed E-state index contributed by atoms with van der Waals surface area (Å²) in [6.07, 6.45) is 0. The van der Waals surface area contributed by atoms with E-state index in [1.807, 2.05) is 6.07 Å². The second-order valence-corrected chi connectivity index (χ2v) is 6.53. The van der Waals surface area contributed by atoms with Gasteiger partial charge in [-0.2, -0.15) is 5.10 Å². The van der Waals surface area contributed by atoms with Crippen LogP contribution in [0.2, 0.25) is 0 Å². The van der Waals surface area contributed by atoms with Crippen LogP contribution in [-0.4, -0.2) is 28.3 Å². The highest BCUT2D eigenvalue weighted by Crippen LogP contribution is 2.18. The van der Waals surface area contributed by atoms with Gasteiger partial charge in [0, 0.05) is 6.07 Å². The van der Waals surface area contributed by atoms with Crippen molar-refractivity contribution in [2.75, 3.05) is 11.9 Å². The Morgan fingerprint density at radius 2 is 1.96 bits per heavy atom. The summed E-state index contributed by atoms with van der Waals surface area (Å²) >= 11 is 1.27. The first-order chi connectivity index (χ1) is 12.4. The molecule has 2 aromatic heterocycles. The summed E-state index contributed by atoms with van der Waals surface area (Å²) < 4.78 is 19.6. The van der Waals surface area contributed by atoms with Gasteiger partial charge >= 0.3 is 5.97 Å². The van der Waals surface area contributed by atoms with E-state index >= 15 is 0 Å². The molecule has 0 radical (unpaired) electrons. The van der Waals surface area contributed by atoms with E-state index in [0.717, 1.165) is 5.56 Å². The topological polar surface area (TPSA) is 73.2 Å². The molecule has 1 amide bonds. The number of anilines is 1. The lowest BCUT2D eigenvalue weighted by molar-refractivity contribution is -0.119. The minimum absolute atomic E-state index is 0.362. The predicted octanol–water partition coefficient (Wildman–Crippen LogP) is 3.49. The van der Waals surface area contributed by atoms with E-state index in [9.17, 15) is 14.0 Å². The van der Waals surface area contributed by atoms with Crippen molar-refractivity contribution < 1.29 is 18.7 Å². The van der Waals surface area contributed by atoms with Gasteiger partial charge in [0.1, 0.15) is 16.5 Å². The van der Waals surface area contributed by atoms with Crippen molar-refractivity contribution in [3.8, 4) is 5.69 Å². The van der Waals surface area contributed by atoms with Gasteiger partial charge in [-0.3, -0.25) is 4.79 Å². The van der Waals surface area contributed by atoms with Gasteiger partial charge in [0.2, 0.25) is 0 Å². The van der Waals surface area contributed by atoms with Gasteiger partial charge in [0.05, 0.1) is 11.4 Å². The summed E-state index contributed by atoms with van der Waals surface area (Å²) in [5, 5.41) is 8.73. The molecule has 0 saturated heterocycles. The molecular formula is C18H16FN3O3S. The lowest BCUT2D eigenvalue weighted by Crippen LogP contribution is -2.22. The zero-order valence-electron chi connectivity index (χ0n) is 14.2. The number of thiophene rings is 1. The van der Waals surface area contributed by atoms with E-state index < -0.39 is 18.5 Å². The lowest BCUT2D eigenvalue weighted by Gasteiger charge is -2.09. The van der Waals surface area contributed by atoms with E-state index in [2.05, 4.69) is 10.4 Å². The van der Waals surface area contributed by atoms with Crippen molar-refractivity contribution in [1.82, 2.24) is 9.78 Å². The Bertz CT molecular complexity index is 947. The number of ether oxygens (including phenoxy) is 1. The molecule has 8 heteroatoms. The monoisotopic (exact) mass is 373 g/mol. The summed E-state index contributed by atoms with van der Waals surface area (Å²) in [4.78, 5) is 24.6. The summed E-state index contributed by atoms with van der Waals surface area (Å²) in [7, 11) is 0. The first-order valence-corrected chi connectivity index (χ1v) is 8.65. The molecule has 6 nitrogen and oxygen atoms in total. The molecule has 26 heavy (non-hydrogen) atoms. The van der Waals surface area contributed by atoms with Crippen LogP contribution < -0.4 is 5.32 Å². The molecule has 134 valence electrons. The fraction of sp³-hybridized carbons (Fsp3) is 0.167. The quantitative estimate of drug-likeness (QED) is 0.695. The van der Waals surface area contributed by atoms with E-state index in [-0.39, 0.29) is 5.82 Å². The first kappa shape index (κ1) is 17.8. The van der Waals surface area contributed by atoms with Crippen LogP contribution in [0.25, 0.3) is 5.69 Å². The number of nitrogens with one attached hydrogen (secondary N) is 1. The molecule has 0 fully saturated rings. The molecule has 0 aliphatic carbocycles. The minimum Gasteiger partial charge on any atom is -0.451 e. The Morgan fingerprint density at radius 3 is 2.62 bits per heavy atom. The molecule has 0 spiro atoms. The van der Waals surface area contributed by atoms with Crippen LogP contribution in [0.1, 0.15) is 20.9 Å². The number of carbonyl (C=O) groups is 2. The Hall–Kier alpha value is -3.00. The van der Waals surface area contributed by atoms with Crippen molar-refractivity contribution in [3.05, 3.63) is 63.7 Å². The van der Waals surface area contributed by atoms with Crippen LogP contribution in [0.4, 0.5) is 10.2 Å². The van der Waals surface area contributed by atoms with E-state index in [1.54, 1.807) is 37.4 Å². The number of aromatic nitrogens is 2. The minimum atomic E-state index is -0.532. The number of esters is 1. The van der Waals surface area contributed by atoms with Crippen LogP contribution >= 0.6 is 11.3 Å². The molecule has 0 aliphatic rings. The number of hydrogen-bond acceptors (Lipinski definition) is 5. The molecule has 0 atom stereocenters. The average Bonchev–Trinajstić information content (AvgIpc) is 3.19. The van der Waals surface area contributed by atoms with E-state index in [0.29, 0.717) is 22.1 Å². The van der Waals surface area contributed by atoms with Crippen molar-refractivity contribution in [1.29, 1.82) is 0 Å². The maximum atomic E-state index is 13.1.